The van der Waals surface area contributed by atoms with E-state index in [1.165, 1.54) is 16.8 Å². The number of carbonyl (C=O) groups excluding carboxylic acids is 1. The molecule has 1 aromatic rings. The molecule has 166 valence electrons. The van der Waals surface area contributed by atoms with Gasteiger partial charge in [0, 0.05) is 31.7 Å². The Hall–Kier alpha value is -1.64. The van der Waals surface area contributed by atoms with Crippen molar-refractivity contribution < 1.29 is 18.3 Å². The van der Waals surface area contributed by atoms with Crippen molar-refractivity contribution in [1.29, 1.82) is 0 Å². The van der Waals surface area contributed by atoms with Crippen LogP contribution in [-0.4, -0.2) is 56.0 Å². The highest BCUT2D eigenvalue weighted by molar-refractivity contribution is 7.89. The summed E-state index contributed by atoms with van der Waals surface area (Å²) in [6.45, 7) is 7.07. The number of benzene rings is 1. The SMILES string of the molecule is CNc1ccc(C(=O)NC2C(C)(C)[C@@H]3CC[C@@]2(C)C3)cc1S(=O)(=O)N1CC[C@H](O)C1. The van der Waals surface area contributed by atoms with Crippen LogP contribution in [0.1, 0.15) is 56.8 Å². The molecule has 1 saturated heterocycles. The monoisotopic (exact) mass is 435 g/mol. The third-order valence-electron chi connectivity index (χ3n) is 7.80. The summed E-state index contributed by atoms with van der Waals surface area (Å²) in [4.78, 5) is 13.3. The maximum atomic E-state index is 13.2. The average molecular weight is 436 g/mol. The van der Waals surface area contributed by atoms with Crippen LogP contribution < -0.4 is 10.6 Å². The maximum absolute atomic E-state index is 13.2. The first kappa shape index (κ1) is 21.6. The second kappa shape index (κ2) is 7.21. The Morgan fingerprint density at radius 2 is 1.97 bits per heavy atom. The second-order valence-corrected chi connectivity index (χ2v) is 12.0. The third-order valence-corrected chi connectivity index (χ3v) is 9.71. The number of anilines is 1. The van der Waals surface area contributed by atoms with Crippen molar-refractivity contribution in [2.75, 3.05) is 25.5 Å². The summed E-state index contributed by atoms with van der Waals surface area (Å²) >= 11 is 0. The molecule has 0 aromatic heterocycles. The molecule has 30 heavy (non-hydrogen) atoms. The van der Waals surface area contributed by atoms with Gasteiger partial charge in [-0.1, -0.05) is 20.8 Å². The molecule has 2 aliphatic carbocycles. The molecule has 0 radical (unpaired) electrons. The smallest absolute Gasteiger partial charge is 0.251 e. The van der Waals surface area contributed by atoms with Crippen LogP contribution in [0.4, 0.5) is 5.69 Å². The van der Waals surface area contributed by atoms with Crippen LogP contribution in [0.5, 0.6) is 0 Å². The summed E-state index contributed by atoms with van der Waals surface area (Å²) in [7, 11) is -2.15. The number of β-amino-alcohol motifs (C(OH)–C–C–N with tert-alkyl or cyclic N) is 1. The first-order valence-electron chi connectivity index (χ1n) is 10.8. The van der Waals surface area contributed by atoms with Crippen LogP contribution in [0.3, 0.4) is 0 Å². The van der Waals surface area contributed by atoms with Gasteiger partial charge in [-0.05, 0) is 60.6 Å². The van der Waals surface area contributed by atoms with Crippen LogP contribution in [0.2, 0.25) is 0 Å². The fourth-order valence-corrected chi connectivity index (χ4v) is 7.74. The number of nitrogens with zero attached hydrogens (tertiary/aromatic N) is 1. The molecule has 1 aliphatic heterocycles. The lowest BCUT2D eigenvalue weighted by Crippen LogP contribution is -2.52. The number of amides is 1. The molecule has 1 unspecified atom stereocenters. The molecule has 2 saturated carbocycles. The summed E-state index contributed by atoms with van der Waals surface area (Å²) in [5, 5.41) is 15.9. The van der Waals surface area contributed by atoms with Gasteiger partial charge in [-0.3, -0.25) is 4.79 Å². The summed E-state index contributed by atoms with van der Waals surface area (Å²) in [6, 6.07) is 4.83. The standard InChI is InChI=1S/C22H33N3O4S/c1-21(2)15-7-9-22(3,12-15)20(21)24-19(27)14-5-6-17(23-4)18(11-14)30(28,29)25-10-8-16(26)13-25/h5-6,11,15-16,20,23,26H,7-10,12-13H2,1-4H3,(H,24,27)/t15-,16+,20?,22+/m1/s1. The highest BCUT2D eigenvalue weighted by Crippen LogP contribution is 2.62. The average Bonchev–Trinajstić information content (AvgIpc) is 3.36. The summed E-state index contributed by atoms with van der Waals surface area (Å²) in [5.74, 6) is 0.374. The second-order valence-electron chi connectivity index (χ2n) is 10.1. The van der Waals surface area contributed by atoms with Crippen molar-refractivity contribution in [3.05, 3.63) is 23.8 Å². The zero-order chi connectivity index (χ0) is 21.9. The van der Waals surface area contributed by atoms with Gasteiger partial charge in [-0.2, -0.15) is 4.31 Å². The maximum Gasteiger partial charge on any atom is 0.251 e. The van der Waals surface area contributed by atoms with Crippen molar-refractivity contribution in [2.45, 2.75) is 63.5 Å². The highest BCUT2D eigenvalue weighted by Gasteiger charge is 2.59. The fraction of sp³-hybridized carbons (Fsp3) is 0.682. The van der Waals surface area contributed by atoms with E-state index in [1.54, 1.807) is 19.2 Å². The molecule has 3 aliphatic rings. The van der Waals surface area contributed by atoms with Gasteiger partial charge in [0.2, 0.25) is 10.0 Å². The number of rotatable bonds is 5. The largest absolute Gasteiger partial charge is 0.392 e. The quantitative estimate of drug-likeness (QED) is 0.660. The van der Waals surface area contributed by atoms with E-state index in [0.717, 1.165) is 12.8 Å². The van der Waals surface area contributed by atoms with E-state index in [1.807, 2.05) is 0 Å². The van der Waals surface area contributed by atoms with Gasteiger partial charge in [0.1, 0.15) is 4.90 Å². The van der Waals surface area contributed by atoms with Gasteiger partial charge < -0.3 is 15.7 Å². The highest BCUT2D eigenvalue weighted by atomic mass is 32.2. The molecular formula is C22H33N3O4S. The van der Waals surface area contributed by atoms with Crippen LogP contribution in [-0.2, 0) is 10.0 Å². The minimum Gasteiger partial charge on any atom is -0.392 e. The summed E-state index contributed by atoms with van der Waals surface area (Å²) < 4.78 is 27.6. The van der Waals surface area contributed by atoms with Crippen molar-refractivity contribution in [3.8, 4) is 0 Å². The predicted octanol–water partition coefficient (Wildman–Crippen LogP) is 2.43. The molecule has 7 nitrogen and oxygen atoms in total. The van der Waals surface area contributed by atoms with Gasteiger partial charge >= 0.3 is 0 Å². The van der Waals surface area contributed by atoms with Crippen LogP contribution in [0, 0.1) is 16.7 Å². The summed E-state index contributed by atoms with van der Waals surface area (Å²) in [5.41, 5.74) is 0.901. The van der Waals surface area contributed by atoms with Crippen molar-refractivity contribution in [2.24, 2.45) is 16.7 Å². The van der Waals surface area contributed by atoms with Gasteiger partial charge in [0.25, 0.3) is 5.91 Å². The molecular weight excluding hydrogens is 402 g/mol. The molecule has 2 bridgehead atoms. The number of hydrogen-bond donors (Lipinski definition) is 3. The zero-order valence-electron chi connectivity index (χ0n) is 18.2. The third kappa shape index (κ3) is 3.33. The molecule has 3 N–H and O–H groups in total. The van der Waals surface area contributed by atoms with Crippen molar-refractivity contribution >= 4 is 21.6 Å². The van der Waals surface area contributed by atoms with E-state index in [9.17, 15) is 18.3 Å². The number of nitrogens with one attached hydrogen (secondary N) is 2. The molecule has 1 aromatic carbocycles. The number of aliphatic hydroxyl groups is 1. The Morgan fingerprint density at radius 3 is 2.53 bits per heavy atom. The normalized spacial score (nSPS) is 33.0. The number of carbonyl (C=O) groups is 1. The topological polar surface area (TPSA) is 98.7 Å². The molecule has 0 spiro atoms. The Balaban J connectivity index is 1.63. The molecule has 4 atom stereocenters. The number of hydrogen-bond acceptors (Lipinski definition) is 5. The molecule has 3 fully saturated rings. The Morgan fingerprint density at radius 1 is 1.23 bits per heavy atom. The number of aliphatic hydroxyl groups excluding tert-OH is 1. The molecule has 8 heteroatoms. The van der Waals surface area contributed by atoms with Gasteiger partial charge in [0.15, 0.2) is 0 Å². The number of sulfonamides is 1. The zero-order valence-corrected chi connectivity index (χ0v) is 19.1. The Labute approximate surface area is 179 Å². The lowest BCUT2D eigenvalue weighted by Gasteiger charge is -2.43. The minimum atomic E-state index is -3.81. The Kier molecular flexibility index (Phi) is 5.19. The fourth-order valence-electron chi connectivity index (χ4n) is 6.03. The van der Waals surface area contributed by atoms with Crippen LogP contribution in [0.25, 0.3) is 0 Å². The molecule has 1 amide bonds. The lowest BCUT2D eigenvalue weighted by molar-refractivity contribution is 0.0737. The van der Waals surface area contributed by atoms with E-state index in [2.05, 4.69) is 31.4 Å². The lowest BCUT2D eigenvalue weighted by atomic mass is 9.68. The van der Waals surface area contributed by atoms with E-state index in [-0.39, 0.29) is 40.8 Å². The summed E-state index contributed by atoms with van der Waals surface area (Å²) in [6.07, 6.45) is 3.22. The van der Waals surface area contributed by atoms with Gasteiger partial charge in [0.05, 0.1) is 11.8 Å². The minimum absolute atomic E-state index is 0.0220. The predicted molar refractivity (Wildman–Crippen MR) is 116 cm³/mol. The Bertz CT molecular complexity index is 956. The van der Waals surface area contributed by atoms with E-state index < -0.39 is 16.1 Å². The van der Waals surface area contributed by atoms with Gasteiger partial charge in [-0.25, -0.2) is 8.42 Å². The first-order chi connectivity index (χ1) is 14.0. The molecule has 1 heterocycles. The van der Waals surface area contributed by atoms with E-state index in [0.29, 0.717) is 23.6 Å². The van der Waals surface area contributed by atoms with Crippen LogP contribution >= 0.6 is 0 Å². The van der Waals surface area contributed by atoms with E-state index in [4.69, 9.17) is 0 Å². The van der Waals surface area contributed by atoms with Gasteiger partial charge in [-0.15, -0.1) is 0 Å². The van der Waals surface area contributed by atoms with E-state index >= 15 is 0 Å². The van der Waals surface area contributed by atoms with Crippen molar-refractivity contribution in [1.82, 2.24) is 9.62 Å². The number of fused-ring (bicyclic) bond motifs is 2. The van der Waals surface area contributed by atoms with Crippen LogP contribution in [0.15, 0.2) is 23.1 Å². The van der Waals surface area contributed by atoms with Crippen molar-refractivity contribution in [3.63, 3.8) is 0 Å². The first-order valence-corrected chi connectivity index (χ1v) is 12.2. The molecule has 4 rings (SSSR count).